The van der Waals surface area contributed by atoms with Gasteiger partial charge in [-0.1, -0.05) is 24.3 Å². The molecule has 1 spiro atoms. The Morgan fingerprint density at radius 3 is 2.74 bits per heavy atom. The molecule has 1 amide bonds. The van der Waals surface area contributed by atoms with Crippen molar-refractivity contribution in [2.45, 2.75) is 38.2 Å². The number of carbonyl (C=O) groups excluding carboxylic acids is 2. The highest BCUT2D eigenvalue weighted by molar-refractivity contribution is 6.11. The van der Waals surface area contributed by atoms with Crippen LogP contribution in [-0.2, 0) is 10.2 Å². The third-order valence-electron chi connectivity index (χ3n) is 4.87. The van der Waals surface area contributed by atoms with Crippen LogP contribution in [-0.4, -0.2) is 28.9 Å². The number of Topliss-reactive ketones (excluding diaryl/α,β-unsaturated/α-hetero) is 1. The normalized spacial score (nSPS) is 28.3. The van der Waals surface area contributed by atoms with Crippen molar-refractivity contribution < 1.29 is 18.7 Å². The molecule has 1 aromatic carbocycles. The van der Waals surface area contributed by atoms with Crippen molar-refractivity contribution in [1.82, 2.24) is 4.90 Å². The summed E-state index contributed by atoms with van der Waals surface area (Å²) >= 11 is 0. The fraction of sp³-hybridized carbons (Fsp3) is 0.444. The lowest BCUT2D eigenvalue weighted by Gasteiger charge is -2.31. The molecule has 2 fully saturated rings. The van der Waals surface area contributed by atoms with Gasteiger partial charge in [-0.05, 0) is 38.7 Å². The van der Waals surface area contributed by atoms with Gasteiger partial charge in [0.1, 0.15) is 5.60 Å². The standard InChI is InChI=1S/C18H18FNO3/c1-17(2,3)23-16(22)20-9-10-8-18(10)12-7-5-4-6-11(12)14(21)13(19)15(18)20/h4-7,10H,8-9H2,1-3H3. The summed E-state index contributed by atoms with van der Waals surface area (Å²) < 4.78 is 20.2. The number of nitrogens with zero attached hydrogens (tertiary/aromatic N) is 1. The Kier molecular flexibility index (Phi) is 2.64. The van der Waals surface area contributed by atoms with Gasteiger partial charge in [-0.3, -0.25) is 9.69 Å². The number of amides is 1. The molecule has 4 nitrogen and oxygen atoms in total. The Bertz CT molecular complexity index is 777. The van der Waals surface area contributed by atoms with Crippen molar-refractivity contribution in [2.24, 2.45) is 5.92 Å². The number of allylic oxidation sites excluding steroid dienone is 2. The molecule has 23 heavy (non-hydrogen) atoms. The molecule has 4 rings (SSSR count). The number of likely N-dealkylation sites (tertiary alicyclic amines) is 1. The van der Waals surface area contributed by atoms with Gasteiger partial charge in [-0.2, -0.15) is 0 Å². The van der Waals surface area contributed by atoms with Gasteiger partial charge in [-0.25, -0.2) is 9.18 Å². The molecule has 0 radical (unpaired) electrons. The maximum atomic E-state index is 14.8. The van der Waals surface area contributed by atoms with Crippen molar-refractivity contribution >= 4 is 11.9 Å². The minimum Gasteiger partial charge on any atom is -0.443 e. The fourth-order valence-corrected chi connectivity index (χ4v) is 3.94. The van der Waals surface area contributed by atoms with E-state index in [-0.39, 0.29) is 11.6 Å². The average molecular weight is 315 g/mol. The monoisotopic (exact) mass is 315 g/mol. The van der Waals surface area contributed by atoms with E-state index in [0.29, 0.717) is 12.1 Å². The topological polar surface area (TPSA) is 46.6 Å². The quantitative estimate of drug-likeness (QED) is 0.735. The Hall–Kier alpha value is -2.17. The zero-order valence-corrected chi connectivity index (χ0v) is 13.4. The highest BCUT2D eigenvalue weighted by Gasteiger charge is 2.69. The molecule has 1 aromatic rings. The van der Waals surface area contributed by atoms with Gasteiger partial charge in [-0.15, -0.1) is 0 Å². The Morgan fingerprint density at radius 2 is 2.04 bits per heavy atom. The van der Waals surface area contributed by atoms with Crippen LogP contribution >= 0.6 is 0 Å². The molecular weight excluding hydrogens is 297 g/mol. The van der Waals surface area contributed by atoms with Gasteiger partial charge in [0, 0.05) is 17.5 Å². The largest absolute Gasteiger partial charge is 0.443 e. The number of ether oxygens (including phenoxy) is 1. The number of halogens is 1. The number of fused-ring (bicyclic) bond motifs is 1. The first-order valence-electron chi connectivity index (χ1n) is 7.80. The van der Waals surface area contributed by atoms with Crippen LogP contribution in [0.2, 0.25) is 0 Å². The molecule has 2 aliphatic carbocycles. The second kappa shape index (κ2) is 4.22. The zero-order valence-electron chi connectivity index (χ0n) is 13.4. The van der Waals surface area contributed by atoms with E-state index in [2.05, 4.69) is 0 Å². The minimum atomic E-state index is -0.811. The third-order valence-corrected chi connectivity index (χ3v) is 4.87. The predicted molar refractivity (Wildman–Crippen MR) is 81.6 cm³/mol. The Labute approximate surface area is 133 Å². The second-order valence-corrected chi connectivity index (χ2v) is 7.50. The third kappa shape index (κ3) is 1.82. The number of piperidine rings is 1. The smallest absolute Gasteiger partial charge is 0.414 e. The Balaban J connectivity index is 1.80. The van der Waals surface area contributed by atoms with Gasteiger partial charge in [0.2, 0.25) is 5.78 Å². The van der Waals surface area contributed by atoms with Gasteiger partial charge >= 0.3 is 6.09 Å². The maximum absolute atomic E-state index is 14.8. The first-order valence-corrected chi connectivity index (χ1v) is 7.80. The predicted octanol–water partition coefficient (Wildman–Crippen LogP) is 3.57. The molecule has 120 valence electrons. The van der Waals surface area contributed by atoms with Crippen LogP contribution in [0.25, 0.3) is 0 Å². The van der Waals surface area contributed by atoms with Crippen LogP contribution in [0.4, 0.5) is 9.18 Å². The molecular formula is C18H18FNO3. The number of rotatable bonds is 0. The molecule has 5 heteroatoms. The summed E-state index contributed by atoms with van der Waals surface area (Å²) in [5.74, 6) is -1.29. The van der Waals surface area contributed by atoms with Gasteiger partial charge < -0.3 is 4.74 Å². The molecule has 0 aromatic heterocycles. The number of ketones is 1. The molecule has 0 N–H and O–H groups in total. The zero-order chi connectivity index (χ0) is 16.6. The van der Waals surface area contributed by atoms with Crippen molar-refractivity contribution in [1.29, 1.82) is 0 Å². The van der Waals surface area contributed by atoms with E-state index in [1.54, 1.807) is 32.9 Å². The van der Waals surface area contributed by atoms with E-state index in [0.717, 1.165) is 12.0 Å². The van der Waals surface area contributed by atoms with E-state index in [9.17, 15) is 14.0 Å². The first-order chi connectivity index (χ1) is 10.8. The summed E-state index contributed by atoms with van der Waals surface area (Å²) in [6.45, 7) is 5.70. The van der Waals surface area contributed by atoms with E-state index in [4.69, 9.17) is 4.74 Å². The second-order valence-electron chi connectivity index (χ2n) is 7.50. The van der Waals surface area contributed by atoms with Crippen LogP contribution in [0, 0.1) is 5.92 Å². The summed E-state index contributed by atoms with van der Waals surface area (Å²) in [7, 11) is 0. The summed E-state index contributed by atoms with van der Waals surface area (Å²) in [5.41, 5.74) is 0.288. The fourth-order valence-electron chi connectivity index (χ4n) is 3.94. The van der Waals surface area contributed by atoms with Crippen molar-refractivity contribution in [2.75, 3.05) is 6.54 Å². The lowest BCUT2D eigenvalue weighted by atomic mass is 9.81. The highest BCUT2D eigenvalue weighted by atomic mass is 19.1. The van der Waals surface area contributed by atoms with Crippen molar-refractivity contribution in [3.05, 3.63) is 46.9 Å². The number of hydrogen-bond acceptors (Lipinski definition) is 3. The summed E-state index contributed by atoms with van der Waals surface area (Å²) in [6, 6.07) is 7.13. The molecule has 0 bridgehead atoms. The van der Waals surface area contributed by atoms with E-state index in [1.807, 2.05) is 12.1 Å². The lowest BCUT2D eigenvalue weighted by Crippen LogP contribution is -2.38. The first kappa shape index (κ1) is 14.4. The lowest BCUT2D eigenvalue weighted by molar-refractivity contribution is 0.0317. The van der Waals surface area contributed by atoms with Crippen LogP contribution < -0.4 is 0 Å². The maximum Gasteiger partial charge on any atom is 0.414 e. The SMILES string of the molecule is CC(C)(C)OC(=O)N1CC2CC23C1=C(F)C(=O)c1ccccc13. The summed E-state index contributed by atoms with van der Waals surface area (Å²) in [6.07, 6.45) is 0.195. The summed E-state index contributed by atoms with van der Waals surface area (Å²) in [5, 5.41) is 0. The van der Waals surface area contributed by atoms with Crippen LogP contribution in [0.5, 0.6) is 0 Å². The highest BCUT2D eigenvalue weighted by Crippen LogP contribution is 2.67. The molecule has 1 heterocycles. The van der Waals surface area contributed by atoms with Gasteiger partial charge in [0.25, 0.3) is 0 Å². The van der Waals surface area contributed by atoms with Gasteiger partial charge in [0.15, 0.2) is 5.83 Å². The average Bonchev–Trinajstić information content (AvgIpc) is 3.08. The molecule has 3 aliphatic rings. The van der Waals surface area contributed by atoms with Crippen molar-refractivity contribution in [3.63, 3.8) is 0 Å². The molecule has 1 saturated heterocycles. The van der Waals surface area contributed by atoms with Crippen LogP contribution in [0.3, 0.4) is 0 Å². The van der Waals surface area contributed by atoms with E-state index < -0.39 is 28.7 Å². The number of benzene rings is 1. The Morgan fingerprint density at radius 1 is 1.35 bits per heavy atom. The van der Waals surface area contributed by atoms with Crippen molar-refractivity contribution in [3.8, 4) is 0 Å². The molecule has 2 unspecified atom stereocenters. The molecule has 2 atom stereocenters. The molecule has 1 saturated carbocycles. The van der Waals surface area contributed by atoms with E-state index >= 15 is 0 Å². The number of hydrogen-bond donors (Lipinski definition) is 0. The summed E-state index contributed by atoms with van der Waals surface area (Å²) in [4.78, 5) is 26.1. The van der Waals surface area contributed by atoms with E-state index in [1.165, 1.54) is 4.90 Å². The van der Waals surface area contributed by atoms with Crippen LogP contribution in [0.1, 0.15) is 43.1 Å². The molecule has 1 aliphatic heterocycles. The minimum absolute atomic E-state index is 0.157. The van der Waals surface area contributed by atoms with Gasteiger partial charge in [0.05, 0.1) is 5.70 Å². The van der Waals surface area contributed by atoms with Crippen LogP contribution in [0.15, 0.2) is 35.8 Å². The number of carbonyl (C=O) groups is 2.